The summed E-state index contributed by atoms with van der Waals surface area (Å²) >= 11 is 6.20. The SMILES string of the molecule is C=CCN(CP(=O)(OC)OC)C(OC)c1ccc(OC(CC)(CCC)[P+](=S)N(C)/N=C/c2ccc(OC(CC)(CCC)N(P)N(P)NP)cc2)cc1. The molecule has 0 fully saturated rings. The number of hydrogen-bond acceptors (Lipinski definition) is 12. The van der Waals surface area contributed by atoms with Crippen LogP contribution in [-0.4, -0.2) is 77.8 Å². The molecule has 0 saturated heterocycles. The van der Waals surface area contributed by atoms with Gasteiger partial charge < -0.3 is 23.3 Å². The van der Waals surface area contributed by atoms with Gasteiger partial charge in [-0.1, -0.05) is 61.7 Å². The molecule has 0 aliphatic carbocycles. The summed E-state index contributed by atoms with van der Waals surface area (Å²) in [7, 11) is 10.8. The number of hydrazine groups is 2. The van der Waals surface area contributed by atoms with Crippen LogP contribution in [0.3, 0.4) is 0 Å². The van der Waals surface area contributed by atoms with Crippen LogP contribution in [0.5, 0.6) is 11.5 Å². The monoisotopic (exact) mass is 835 g/mol. The number of rotatable bonds is 26. The lowest BCUT2D eigenvalue weighted by Gasteiger charge is -2.44. The van der Waals surface area contributed by atoms with Gasteiger partial charge in [-0.25, -0.2) is 5.20 Å². The molecule has 0 amide bonds. The van der Waals surface area contributed by atoms with E-state index < -0.39 is 31.7 Å². The van der Waals surface area contributed by atoms with Gasteiger partial charge in [0.05, 0.1) is 13.3 Å². The summed E-state index contributed by atoms with van der Waals surface area (Å²) in [6, 6.07) is 15.7. The van der Waals surface area contributed by atoms with Crippen molar-refractivity contribution in [2.24, 2.45) is 5.10 Å². The molecule has 0 aromatic heterocycles. The van der Waals surface area contributed by atoms with Crippen LogP contribution in [0.25, 0.3) is 0 Å². The average Bonchev–Trinajstić information content (AvgIpc) is 3.16. The highest BCUT2D eigenvalue weighted by Crippen LogP contribution is 2.50. The van der Waals surface area contributed by atoms with Crippen molar-refractivity contribution in [1.82, 2.24) is 24.5 Å². The molecule has 0 saturated carbocycles. The largest absolute Gasteiger partial charge is 0.471 e. The molecule has 12 nitrogen and oxygen atoms in total. The van der Waals surface area contributed by atoms with Gasteiger partial charge >= 0.3 is 14.4 Å². The summed E-state index contributed by atoms with van der Waals surface area (Å²) in [4.78, 5) is 3.64. The molecule has 18 heteroatoms. The van der Waals surface area contributed by atoms with Gasteiger partial charge in [-0.05, 0) is 79.1 Å². The zero-order chi connectivity index (χ0) is 39.0. The van der Waals surface area contributed by atoms with Crippen LogP contribution < -0.4 is 14.7 Å². The van der Waals surface area contributed by atoms with E-state index in [1.807, 2.05) is 76.3 Å². The first kappa shape index (κ1) is 47.2. The van der Waals surface area contributed by atoms with Crippen LogP contribution in [0, 0.1) is 0 Å². The minimum Gasteiger partial charge on any atom is -0.471 e. The van der Waals surface area contributed by atoms with Crippen molar-refractivity contribution in [2.45, 2.75) is 83.5 Å². The molecule has 0 heterocycles. The number of nitrogens with zero attached hydrogens (tertiary/aromatic N) is 5. The molecular formula is C34H60N6O6P5S+. The highest BCUT2D eigenvalue weighted by atomic mass is 32.4. The van der Waals surface area contributed by atoms with Gasteiger partial charge in [-0.3, -0.25) is 9.46 Å². The summed E-state index contributed by atoms with van der Waals surface area (Å²) in [6.45, 7) is 11.5. The van der Waals surface area contributed by atoms with Gasteiger partial charge in [-0.2, -0.15) is 9.67 Å². The Bertz CT molecular complexity index is 1460. The smallest absolute Gasteiger partial charge is 0.358 e. The molecule has 1 N–H and O–H groups in total. The second kappa shape index (κ2) is 23.2. The van der Waals surface area contributed by atoms with E-state index in [0.717, 1.165) is 49.0 Å². The first-order valence-electron chi connectivity index (χ1n) is 17.3. The molecule has 2 rings (SSSR count). The molecular weight excluding hydrogens is 775 g/mol. The van der Waals surface area contributed by atoms with E-state index in [-0.39, 0.29) is 6.29 Å². The lowest BCUT2D eigenvalue weighted by atomic mass is 10.1. The van der Waals surface area contributed by atoms with Crippen molar-refractivity contribution in [2.75, 3.05) is 41.2 Å². The fourth-order valence-corrected chi connectivity index (χ4v) is 10.2. The van der Waals surface area contributed by atoms with Crippen molar-refractivity contribution in [3.63, 3.8) is 0 Å². The maximum atomic E-state index is 12.9. The van der Waals surface area contributed by atoms with Crippen LogP contribution in [0.4, 0.5) is 0 Å². The van der Waals surface area contributed by atoms with Crippen LogP contribution >= 0.6 is 42.6 Å². The van der Waals surface area contributed by atoms with E-state index in [1.54, 1.807) is 18.1 Å². The fraction of sp³-hybridized carbons (Fsp3) is 0.559. The molecule has 0 bridgehead atoms. The number of nitrogens with one attached hydrogen (secondary N) is 1. The van der Waals surface area contributed by atoms with E-state index in [9.17, 15) is 4.57 Å². The highest BCUT2D eigenvalue weighted by Gasteiger charge is 2.49. The lowest BCUT2D eigenvalue weighted by Crippen LogP contribution is -2.54. The van der Waals surface area contributed by atoms with Crippen LogP contribution in [-0.2, 0) is 30.2 Å². The van der Waals surface area contributed by atoms with Crippen molar-refractivity contribution in [3.8, 4) is 11.5 Å². The Morgan fingerprint density at radius 1 is 0.962 bits per heavy atom. The van der Waals surface area contributed by atoms with Gasteiger partial charge in [0.2, 0.25) is 0 Å². The van der Waals surface area contributed by atoms with Gasteiger partial charge in [0.25, 0.3) is 5.34 Å². The lowest BCUT2D eigenvalue weighted by molar-refractivity contribution is -0.109. The maximum absolute atomic E-state index is 12.9. The summed E-state index contributed by atoms with van der Waals surface area (Å²) in [6.07, 6.45) is 8.01. The maximum Gasteiger partial charge on any atom is 0.358 e. The zero-order valence-electron chi connectivity index (χ0n) is 31.9. The third kappa shape index (κ3) is 12.8. The van der Waals surface area contributed by atoms with E-state index >= 15 is 0 Å². The number of benzene rings is 2. The zero-order valence-corrected chi connectivity index (χ0v) is 38.0. The Morgan fingerprint density at radius 3 is 2.02 bits per heavy atom. The Morgan fingerprint density at radius 2 is 1.54 bits per heavy atom. The molecule has 7 unspecified atom stereocenters. The van der Waals surface area contributed by atoms with E-state index in [2.05, 4.69) is 67.6 Å². The first-order valence-corrected chi connectivity index (χ1v) is 22.9. The molecule has 0 spiro atoms. The highest BCUT2D eigenvalue weighted by molar-refractivity contribution is 8.04. The number of hydrazone groups is 1. The average molecular weight is 836 g/mol. The van der Waals surface area contributed by atoms with E-state index in [4.69, 9.17) is 40.2 Å². The standard InChI is InChI=1S/C34H60N6O6P5S/c1-10-23-33(13-4,39(48)40(49)36-47)45-30-19-15-28(16-20-30)26-35-37(6)50(52)34(14-5,24-11-2)46-31-21-17-29(18-22-31)32(42-7)38(25-12-3)27-51(41,43-8)44-9/h12,15-22,26,32,36H,3,10-11,13-14,23-25,27,47-49H2,1-2,4-9H3/q+1/b35-26+. The topological polar surface area (TPSA) is 101 Å². The van der Waals surface area contributed by atoms with Crippen LogP contribution in [0.1, 0.15) is 83.6 Å². The molecule has 2 aromatic carbocycles. The predicted molar refractivity (Wildman–Crippen MR) is 229 cm³/mol. The van der Waals surface area contributed by atoms with Gasteiger partial charge in [-0.15, -0.1) is 16.5 Å². The molecule has 292 valence electrons. The number of methoxy groups -OCH3 is 1. The normalized spacial score (nSPS) is 15.5. The Hall–Kier alpha value is -0.990. The van der Waals surface area contributed by atoms with Crippen molar-refractivity contribution < 1.29 is 27.8 Å². The van der Waals surface area contributed by atoms with Crippen LogP contribution in [0.2, 0.25) is 0 Å². The minimum absolute atomic E-state index is 0.0338. The minimum atomic E-state index is -3.34. The Labute approximate surface area is 325 Å². The molecule has 0 aliphatic rings. The summed E-state index contributed by atoms with van der Waals surface area (Å²) < 4.78 is 46.4. The van der Waals surface area contributed by atoms with Crippen molar-refractivity contribution >= 4 is 60.6 Å². The van der Waals surface area contributed by atoms with Crippen molar-refractivity contribution in [1.29, 1.82) is 0 Å². The molecule has 2 aromatic rings. The van der Waals surface area contributed by atoms with Crippen molar-refractivity contribution in [3.05, 3.63) is 72.3 Å². The summed E-state index contributed by atoms with van der Waals surface area (Å²) in [5.74, 6) is 1.46. The molecule has 7 atom stereocenters. The van der Waals surface area contributed by atoms with Gasteiger partial charge in [0.15, 0.2) is 17.5 Å². The van der Waals surface area contributed by atoms with E-state index in [0.29, 0.717) is 18.7 Å². The first-order chi connectivity index (χ1) is 24.8. The fourth-order valence-electron chi connectivity index (χ4n) is 5.76. The number of ether oxygens (including phenoxy) is 3. The third-order valence-corrected chi connectivity index (χ3v) is 16.1. The molecule has 0 aliphatic heterocycles. The second-order valence-electron chi connectivity index (χ2n) is 12.0. The Kier molecular flexibility index (Phi) is 21.0. The van der Waals surface area contributed by atoms with Gasteiger partial charge in [0, 0.05) is 47.1 Å². The third-order valence-electron chi connectivity index (χ3n) is 8.64. The van der Waals surface area contributed by atoms with Gasteiger partial charge in [0.1, 0.15) is 24.0 Å². The summed E-state index contributed by atoms with van der Waals surface area (Å²) in [5, 5.41) is 7.19. The second-order valence-corrected chi connectivity index (χ2v) is 18.5. The predicted octanol–water partition coefficient (Wildman–Crippen LogP) is 9.05. The number of hydrogen-bond donors (Lipinski definition) is 1. The molecule has 52 heavy (non-hydrogen) atoms. The van der Waals surface area contributed by atoms with Crippen LogP contribution in [0.15, 0.2) is 66.3 Å². The summed E-state index contributed by atoms with van der Waals surface area (Å²) in [5.41, 5.74) is 1.22. The molecule has 0 radical (unpaired) electrons. The quantitative estimate of drug-likeness (QED) is 0.0322. The van der Waals surface area contributed by atoms with E-state index in [1.165, 1.54) is 14.2 Å². The Balaban J connectivity index is 2.26.